The molecular weight excluding hydrogens is 162 g/mol. The smallest absolute Gasteiger partial charge is 0.0685 e. The molecule has 70 valence electrons. The van der Waals surface area contributed by atoms with Gasteiger partial charge in [0.2, 0.25) is 0 Å². The summed E-state index contributed by atoms with van der Waals surface area (Å²) >= 11 is 0. The van der Waals surface area contributed by atoms with Gasteiger partial charge in [0.1, 0.15) is 0 Å². The minimum absolute atomic E-state index is 0.158. The number of hydrogen-bond acceptors (Lipinski definition) is 2. The van der Waals surface area contributed by atoms with Gasteiger partial charge in [-0.25, -0.2) is 0 Å². The number of nitrogens with zero attached hydrogens (tertiary/aromatic N) is 1. The van der Waals surface area contributed by atoms with E-state index in [1.807, 2.05) is 13.0 Å². The molecule has 0 spiro atoms. The molecule has 0 saturated heterocycles. The van der Waals surface area contributed by atoms with E-state index in [4.69, 9.17) is 0 Å². The molecule has 1 heterocycles. The molecule has 2 rings (SSSR count). The van der Waals surface area contributed by atoms with E-state index >= 15 is 0 Å². The second kappa shape index (κ2) is 3.46. The van der Waals surface area contributed by atoms with Crippen molar-refractivity contribution in [3.8, 4) is 0 Å². The van der Waals surface area contributed by atoms with Crippen LogP contribution in [0.25, 0.3) is 0 Å². The highest BCUT2D eigenvalue weighted by Crippen LogP contribution is 2.23. The highest BCUT2D eigenvalue weighted by molar-refractivity contribution is 5.33. The lowest BCUT2D eigenvalue weighted by Gasteiger charge is -2.18. The maximum Gasteiger partial charge on any atom is 0.0685 e. The van der Waals surface area contributed by atoms with Gasteiger partial charge in [-0.2, -0.15) is 0 Å². The van der Waals surface area contributed by atoms with Crippen LogP contribution in [-0.4, -0.2) is 10.1 Å². The van der Waals surface area contributed by atoms with E-state index in [0.29, 0.717) is 0 Å². The summed E-state index contributed by atoms with van der Waals surface area (Å²) in [5.41, 5.74) is 4.64. The van der Waals surface area contributed by atoms with Crippen LogP contribution in [0.2, 0.25) is 0 Å². The first-order valence-electron chi connectivity index (χ1n) is 4.90. The number of aromatic nitrogens is 1. The van der Waals surface area contributed by atoms with Crippen LogP contribution < -0.4 is 0 Å². The van der Waals surface area contributed by atoms with E-state index in [-0.39, 0.29) is 6.61 Å². The van der Waals surface area contributed by atoms with Crippen molar-refractivity contribution < 1.29 is 5.11 Å². The van der Waals surface area contributed by atoms with Crippen molar-refractivity contribution in [3.05, 3.63) is 28.6 Å². The molecule has 2 heteroatoms. The van der Waals surface area contributed by atoms with Gasteiger partial charge in [-0.15, -0.1) is 0 Å². The number of aryl methyl sites for hydroxylation is 2. The summed E-state index contributed by atoms with van der Waals surface area (Å²) in [6.07, 6.45) is 4.67. The molecule has 1 N–H and O–H groups in total. The molecule has 2 nitrogen and oxygen atoms in total. The van der Waals surface area contributed by atoms with Crippen molar-refractivity contribution in [2.75, 3.05) is 0 Å². The van der Waals surface area contributed by atoms with Crippen LogP contribution in [0.3, 0.4) is 0 Å². The number of fused-ring (bicyclic) bond motifs is 1. The van der Waals surface area contributed by atoms with Crippen molar-refractivity contribution >= 4 is 0 Å². The average molecular weight is 177 g/mol. The predicted molar refractivity (Wildman–Crippen MR) is 51.5 cm³/mol. The molecule has 0 amide bonds. The first-order chi connectivity index (χ1) is 6.31. The van der Waals surface area contributed by atoms with Crippen LogP contribution >= 0.6 is 0 Å². The zero-order chi connectivity index (χ0) is 9.26. The van der Waals surface area contributed by atoms with Gasteiger partial charge >= 0.3 is 0 Å². The van der Waals surface area contributed by atoms with Crippen LogP contribution in [0, 0.1) is 6.92 Å². The van der Waals surface area contributed by atoms with Gasteiger partial charge in [0.05, 0.1) is 6.61 Å². The van der Waals surface area contributed by atoms with Crippen molar-refractivity contribution in [1.29, 1.82) is 0 Å². The summed E-state index contributed by atoms with van der Waals surface area (Å²) in [5, 5.41) is 9.19. The number of hydrogen-bond donors (Lipinski definition) is 1. The maximum absolute atomic E-state index is 9.19. The van der Waals surface area contributed by atoms with Gasteiger partial charge < -0.3 is 5.11 Å². The summed E-state index contributed by atoms with van der Waals surface area (Å²) in [4.78, 5) is 4.51. The number of pyridine rings is 1. The SMILES string of the molecule is Cc1cc(CO)c2c(n1)CCCC2. The van der Waals surface area contributed by atoms with E-state index in [0.717, 1.165) is 24.1 Å². The first-order valence-corrected chi connectivity index (χ1v) is 4.90. The van der Waals surface area contributed by atoms with E-state index in [1.165, 1.54) is 24.1 Å². The van der Waals surface area contributed by atoms with E-state index in [9.17, 15) is 5.11 Å². The molecule has 1 aromatic heterocycles. The van der Waals surface area contributed by atoms with E-state index in [2.05, 4.69) is 4.98 Å². The van der Waals surface area contributed by atoms with E-state index in [1.54, 1.807) is 0 Å². The fourth-order valence-corrected chi connectivity index (χ4v) is 2.08. The quantitative estimate of drug-likeness (QED) is 0.709. The van der Waals surface area contributed by atoms with Crippen molar-refractivity contribution in [3.63, 3.8) is 0 Å². The van der Waals surface area contributed by atoms with E-state index < -0.39 is 0 Å². The topological polar surface area (TPSA) is 33.1 Å². The normalized spacial score (nSPS) is 15.5. The second-order valence-electron chi connectivity index (χ2n) is 3.71. The Morgan fingerprint density at radius 3 is 2.92 bits per heavy atom. The van der Waals surface area contributed by atoms with Crippen LogP contribution in [0.15, 0.2) is 6.07 Å². The summed E-state index contributed by atoms with van der Waals surface area (Å²) in [7, 11) is 0. The number of aliphatic hydroxyl groups excluding tert-OH is 1. The van der Waals surface area contributed by atoms with Crippen LogP contribution in [-0.2, 0) is 19.4 Å². The summed E-state index contributed by atoms with van der Waals surface area (Å²) < 4.78 is 0. The minimum Gasteiger partial charge on any atom is -0.392 e. The molecule has 1 aliphatic carbocycles. The molecule has 0 aliphatic heterocycles. The van der Waals surface area contributed by atoms with Crippen LogP contribution in [0.4, 0.5) is 0 Å². The summed E-state index contributed by atoms with van der Waals surface area (Å²) in [5.74, 6) is 0. The Labute approximate surface area is 78.6 Å². The number of aliphatic hydroxyl groups is 1. The molecule has 0 unspecified atom stereocenters. The molecule has 0 fully saturated rings. The highest BCUT2D eigenvalue weighted by atomic mass is 16.3. The standard InChI is InChI=1S/C11H15NO/c1-8-6-9(7-13)10-4-2-3-5-11(10)12-8/h6,13H,2-5,7H2,1H3. The van der Waals surface area contributed by atoms with Crippen molar-refractivity contribution in [2.24, 2.45) is 0 Å². The zero-order valence-corrected chi connectivity index (χ0v) is 8.01. The Hall–Kier alpha value is -0.890. The minimum atomic E-state index is 0.158. The average Bonchev–Trinajstić information content (AvgIpc) is 2.16. The van der Waals surface area contributed by atoms with Gasteiger partial charge in [-0.1, -0.05) is 0 Å². The van der Waals surface area contributed by atoms with Crippen LogP contribution in [0.5, 0.6) is 0 Å². The van der Waals surface area contributed by atoms with Gasteiger partial charge in [0.15, 0.2) is 0 Å². The highest BCUT2D eigenvalue weighted by Gasteiger charge is 2.14. The molecule has 0 radical (unpaired) electrons. The second-order valence-corrected chi connectivity index (χ2v) is 3.71. The van der Waals surface area contributed by atoms with Gasteiger partial charge in [0.25, 0.3) is 0 Å². The lowest BCUT2D eigenvalue weighted by Crippen LogP contribution is -2.09. The lowest BCUT2D eigenvalue weighted by atomic mass is 9.92. The zero-order valence-electron chi connectivity index (χ0n) is 8.01. The lowest BCUT2D eigenvalue weighted by molar-refractivity contribution is 0.279. The Balaban J connectivity index is 2.50. The Bertz CT molecular complexity index is 303. The van der Waals surface area contributed by atoms with Gasteiger partial charge in [0, 0.05) is 11.4 Å². The predicted octanol–water partition coefficient (Wildman–Crippen LogP) is 1.76. The third kappa shape index (κ3) is 1.59. The Morgan fingerprint density at radius 2 is 2.15 bits per heavy atom. The Morgan fingerprint density at radius 1 is 1.38 bits per heavy atom. The largest absolute Gasteiger partial charge is 0.392 e. The monoisotopic (exact) mass is 177 g/mol. The Kier molecular flexibility index (Phi) is 2.32. The summed E-state index contributed by atoms with van der Waals surface area (Å²) in [6, 6.07) is 2.00. The van der Waals surface area contributed by atoms with Gasteiger partial charge in [-0.3, -0.25) is 4.98 Å². The van der Waals surface area contributed by atoms with Crippen molar-refractivity contribution in [2.45, 2.75) is 39.2 Å². The third-order valence-corrected chi connectivity index (χ3v) is 2.69. The molecule has 1 aliphatic rings. The molecular formula is C11H15NO. The molecule has 0 saturated carbocycles. The maximum atomic E-state index is 9.19. The molecule has 0 aromatic carbocycles. The van der Waals surface area contributed by atoms with Crippen LogP contribution in [0.1, 0.15) is 35.4 Å². The third-order valence-electron chi connectivity index (χ3n) is 2.69. The molecule has 0 bridgehead atoms. The molecule has 0 atom stereocenters. The number of rotatable bonds is 1. The van der Waals surface area contributed by atoms with Crippen molar-refractivity contribution in [1.82, 2.24) is 4.98 Å². The fraction of sp³-hybridized carbons (Fsp3) is 0.545. The summed E-state index contributed by atoms with van der Waals surface area (Å²) in [6.45, 7) is 2.15. The fourth-order valence-electron chi connectivity index (χ4n) is 2.08. The van der Waals surface area contributed by atoms with Gasteiger partial charge in [-0.05, 0) is 49.8 Å². The molecule has 1 aromatic rings. The first kappa shape index (κ1) is 8.70. The molecule has 13 heavy (non-hydrogen) atoms.